The van der Waals surface area contributed by atoms with Crippen molar-refractivity contribution in [1.82, 2.24) is 14.9 Å². The van der Waals surface area contributed by atoms with Crippen molar-refractivity contribution in [3.8, 4) is 28.8 Å². The van der Waals surface area contributed by atoms with E-state index in [1.807, 2.05) is 43.3 Å². The maximum atomic E-state index is 14.3. The molecule has 0 bridgehead atoms. The van der Waals surface area contributed by atoms with E-state index in [4.69, 9.17) is 10.00 Å². The molecule has 3 heterocycles. The second kappa shape index (κ2) is 8.95. The summed E-state index contributed by atoms with van der Waals surface area (Å²) in [4.78, 5) is 23.1. The lowest BCUT2D eigenvalue weighted by Gasteiger charge is -2.16. The number of nitriles is 1. The molecule has 0 radical (unpaired) electrons. The zero-order valence-electron chi connectivity index (χ0n) is 18.6. The number of aromatic nitrogens is 2. The Bertz CT molecular complexity index is 1470. The number of hydrogen-bond acceptors (Lipinski definition) is 5. The van der Waals surface area contributed by atoms with E-state index in [0.717, 1.165) is 34.5 Å². The lowest BCUT2D eigenvalue weighted by atomic mass is 10.0. The van der Waals surface area contributed by atoms with Gasteiger partial charge in [0.15, 0.2) is 11.6 Å². The molecule has 4 aromatic rings. The highest BCUT2D eigenvalue weighted by Gasteiger charge is 2.32. The largest absolute Gasteiger partial charge is 0.432 e. The topological polar surface area (TPSA) is 79.1 Å². The fourth-order valence-corrected chi connectivity index (χ4v) is 4.05. The second-order valence-electron chi connectivity index (χ2n) is 8.18. The molecule has 0 N–H and O–H groups in total. The van der Waals surface area contributed by atoms with Crippen molar-refractivity contribution < 1.29 is 18.3 Å². The average molecular weight is 468 g/mol. The summed E-state index contributed by atoms with van der Waals surface area (Å²) in [5.41, 5.74) is 4.61. The number of hydrogen-bond donors (Lipinski definition) is 0. The van der Waals surface area contributed by atoms with Gasteiger partial charge in [-0.3, -0.25) is 9.78 Å². The summed E-state index contributed by atoms with van der Waals surface area (Å²) < 4.78 is 34.1. The van der Waals surface area contributed by atoms with Crippen molar-refractivity contribution in [3.05, 3.63) is 107 Å². The number of carbonyl (C=O) groups excluding carboxylic acids is 1. The van der Waals surface area contributed by atoms with Crippen LogP contribution < -0.4 is 4.74 Å². The summed E-state index contributed by atoms with van der Waals surface area (Å²) in [6.45, 7) is 2.60. The third-order valence-electron chi connectivity index (χ3n) is 5.75. The Morgan fingerprint density at radius 3 is 2.40 bits per heavy atom. The molecule has 0 unspecified atom stereocenters. The van der Waals surface area contributed by atoms with Gasteiger partial charge in [0.25, 0.3) is 5.91 Å². The van der Waals surface area contributed by atoms with E-state index in [1.54, 1.807) is 23.2 Å². The number of benzene rings is 2. The highest BCUT2D eigenvalue weighted by atomic mass is 19.1. The Kier molecular flexibility index (Phi) is 5.67. The molecule has 1 amide bonds. The van der Waals surface area contributed by atoms with E-state index < -0.39 is 17.4 Å². The first kappa shape index (κ1) is 22.2. The van der Waals surface area contributed by atoms with Crippen LogP contribution in [-0.2, 0) is 13.1 Å². The fraction of sp³-hybridized carbons (Fsp3) is 0.111. The van der Waals surface area contributed by atoms with Crippen molar-refractivity contribution >= 4 is 5.91 Å². The first-order valence-electron chi connectivity index (χ1n) is 10.8. The Morgan fingerprint density at radius 2 is 1.71 bits per heavy atom. The first-order valence-corrected chi connectivity index (χ1v) is 10.8. The number of halogens is 2. The predicted octanol–water partition coefficient (Wildman–Crippen LogP) is 5.55. The van der Waals surface area contributed by atoms with Crippen LogP contribution >= 0.6 is 0 Å². The van der Waals surface area contributed by atoms with E-state index >= 15 is 0 Å². The third kappa shape index (κ3) is 4.32. The van der Waals surface area contributed by atoms with Gasteiger partial charge in [-0.25, -0.2) is 13.8 Å². The molecule has 172 valence electrons. The van der Waals surface area contributed by atoms with Crippen LogP contribution in [0.1, 0.15) is 32.7 Å². The van der Waals surface area contributed by atoms with Gasteiger partial charge in [-0.2, -0.15) is 5.26 Å². The quantitative estimate of drug-likeness (QED) is 0.384. The van der Waals surface area contributed by atoms with Crippen LogP contribution in [0.15, 0.2) is 67.0 Å². The molecule has 2 aromatic heterocycles. The minimum Gasteiger partial charge on any atom is -0.432 e. The van der Waals surface area contributed by atoms with Crippen LogP contribution in [0.3, 0.4) is 0 Å². The number of ether oxygens (including phenoxy) is 1. The zero-order valence-corrected chi connectivity index (χ0v) is 18.6. The summed E-state index contributed by atoms with van der Waals surface area (Å²) >= 11 is 0. The van der Waals surface area contributed by atoms with Gasteiger partial charge in [0, 0.05) is 31.2 Å². The Hall–Kier alpha value is -4.64. The van der Waals surface area contributed by atoms with E-state index in [2.05, 4.69) is 9.97 Å². The molecule has 0 fully saturated rings. The molecule has 2 aromatic carbocycles. The first-order chi connectivity index (χ1) is 16.9. The maximum Gasteiger partial charge on any atom is 0.260 e. The SMILES string of the molecule is Cc1cc(-c2ccc(CN3Cc4ccnc(Oc5c(F)cc(C#N)cc5F)c4C3=O)cc2)ccn1. The normalized spacial score (nSPS) is 12.4. The molecule has 0 atom stereocenters. The summed E-state index contributed by atoms with van der Waals surface area (Å²) in [5, 5.41) is 8.87. The van der Waals surface area contributed by atoms with E-state index in [1.165, 1.54) is 6.20 Å². The third-order valence-corrected chi connectivity index (χ3v) is 5.75. The molecule has 1 aliphatic rings. The molecule has 0 spiro atoms. The van der Waals surface area contributed by atoms with Gasteiger partial charge >= 0.3 is 0 Å². The number of rotatable bonds is 5. The van der Waals surface area contributed by atoms with Crippen molar-refractivity contribution in [2.24, 2.45) is 0 Å². The summed E-state index contributed by atoms with van der Waals surface area (Å²) in [5.74, 6) is -3.33. The number of aryl methyl sites for hydroxylation is 1. The van der Waals surface area contributed by atoms with Crippen molar-refractivity contribution in [2.75, 3.05) is 0 Å². The number of nitrogens with zero attached hydrogens (tertiary/aromatic N) is 4. The van der Waals surface area contributed by atoms with Crippen LogP contribution in [0.2, 0.25) is 0 Å². The number of fused-ring (bicyclic) bond motifs is 1. The van der Waals surface area contributed by atoms with Crippen molar-refractivity contribution in [2.45, 2.75) is 20.0 Å². The highest BCUT2D eigenvalue weighted by molar-refractivity contribution is 6.00. The Morgan fingerprint density at radius 1 is 1.00 bits per heavy atom. The second-order valence-corrected chi connectivity index (χ2v) is 8.18. The van der Waals surface area contributed by atoms with E-state index in [9.17, 15) is 13.6 Å². The molecule has 6 nitrogen and oxygen atoms in total. The van der Waals surface area contributed by atoms with E-state index in [0.29, 0.717) is 18.7 Å². The van der Waals surface area contributed by atoms with Gasteiger partial charge in [0.1, 0.15) is 5.56 Å². The summed E-state index contributed by atoms with van der Waals surface area (Å²) in [6.07, 6.45) is 3.19. The predicted molar refractivity (Wildman–Crippen MR) is 123 cm³/mol. The smallest absolute Gasteiger partial charge is 0.260 e. The number of carbonyl (C=O) groups is 1. The molecule has 8 heteroatoms. The number of pyridine rings is 2. The van der Waals surface area contributed by atoms with Gasteiger partial charge in [-0.15, -0.1) is 0 Å². The summed E-state index contributed by atoms with van der Waals surface area (Å²) in [7, 11) is 0. The molecule has 0 saturated carbocycles. The lowest BCUT2D eigenvalue weighted by Crippen LogP contribution is -2.23. The molecule has 35 heavy (non-hydrogen) atoms. The lowest BCUT2D eigenvalue weighted by molar-refractivity contribution is 0.0764. The van der Waals surface area contributed by atoms with Crippen LogP contribution in [0.5, 0.6) is 11.6 Å². The zero-order chi connectivity index (χ0) is 24.5. The van der Waals surface area contributed by atoms with Gasteiger partial charge in [0.05, 0.1) is 11.6 Å². The van der Waals surface area contributed by atoms with Crippen LogP contribution in [0.25, 0.3) is 11.1 Å². The highest BCUT2D eigenvalue weighted by Crippen LogP contribution is 2.35. The Balaban J connectivity index is 1.36. The van der Waals surface area contributed by atoms with Gasteiger partial charge in [-0.05, 0) is 59.5 Å². The number of amides is 1. The minimum atomic E-state index is -1.05. The van der Waals surface area contributed by atoms with Crippen LogP contribution in [0.4, 0.5) is 8.78 Å². The van der Waals surface area contributed by atoms with Gasteiger partial charge in [0.2, 0.25) is 11.6 Å². The molecule has 1 aliphatic heterocycles. The minimum absolute atomic E-state index is 0.166. The van der Waals surface area contributed by atoms with Crippen LogP contribution in [-0.4, -0.2) is 20.8 Å². The summed E-state index contributed by atoms with van der Waals surface area (Å²) in [6, 6.07) is 16.9. The van der Waals surface area contributed by atoms with E-state index in [-0.39, 0.29) is 22.9 Å². The van der Waals surface area contributed by atoms with Crippen molar-refractivity contribution in [1.29, 1.82) is 5.26 Å². The average Bonchev–Trinajstić information content (AvgIpc) is 3.17. The van der Waals surface area contributed by atoms with Gasteiger partial charge < -0.3 is 9.64 Å². The standard InChI is InChI=1S/C27H18F2N4O2/c1-16-10-20(6-8-31-16)19-4-2-17(3-5-19)14-33-15-21-7-9-32-26(24(21)27(33)34)35-25-22(28)11-18(13-30)12-23(25)29/h2-12H,14-15H2,1H3. The van der Waals surface area contributed by atoms with Gasteiger partial charge in [-0.1, -0.05) is 24.3 Å². The van der Waals surface area contributed by atoms with Crippen LogP contribution in [0, 0.1) is 29.9 Å². The molecular formula is C27H18F2N4O2. The molecule has 5 rings (SSSR count). The molecule has 0 aliphatic carbocycles. The maximum absolute atomic E-state index is 14.3. The van der Waals surface area contributed by atoms with Crippen molar-refractivity contribution in [3.63, 3.8) is 0 Å². The fourth-order valence-electron chi connectivity index (χ4n) is 4.05. The molecular weight excluding hydrogens is 450 g/mol. The molecule has 0 saturated heterocycles. The Labute approximate surface area is 200 Å². The monoisotopic (exact) mass is 468 g/mol.